The number of likely N-dealkylation sites (N-methyl/N-ethyl adjacent to an activating group) is 1. The van der Waals surface area contributed by atoms with Gasteiger partial charge in [-0.05, 0) is 111 Å². The van der Waals surface area contributed by atoms with Crippen LogP contribution in [0.25, 0.3) is 0 Å². The van der Waals surface area contributed by atoms with Crippen molar-refractivity contribution in [2.75, 3.05) is 33.2 Å². The lowest BCUT2D eigenvalue weighted by Gasteiger charge is -2.68. The smallest absolute Gasteiger partial charge is 0.304 e. The minimum absolute atomic E-state index is 0.0326. The molecular formula is C34H56BrN2O5+. The molecule has 2 saturated heterocycles. The number of fused-ring (bicyclic) bond motifs is 5. The van der Waals surface area contributed by atoms with Crippen LogP contribution >= 0.6 is 15.9 Å². The predicted octanol–water partition coefficient (Wildman–Crippen LogP) is 5.80. The van der Waals surface area contributed by atoms with E-state index in [2.05, 4.69) is 41.7 Å². The Morgan fingerprint density at radius 2 is 1.57 bits per heavy atom. The van der Waals surface area contributed by atoms with Crippen LogP contribution in [0.5, 0.6) is 0 Å². The summed E-state index contributed by atoms with van der Waals surface area (Å²) in [6.45, 7) is 12.3. The molecule has 6 rings (SSSR count). The van der Waals surface area contributed by atoms with Crippen molar-refractivity contribution in [1.29, 1.82) is 0 Å². The largest absolute Gasteiger partial charge is 0.456 e. The first kappa shape index (κ1) is 31.3. The van der Waals surface area contributed by atoms with Gasteiger partial charge in [0.25, 0.3) is 0 Å². The average molecular weight is 653 g/mol. The van der Waals surface area contributed by atoms with Crippen LogP contribution in [0.1, 0.15) is 111 Å². The molecule has 7 nitrogen and oxygen atoms in total. The van der Waals surface area contributed by atoms with Gasteiger partial charge in [0.2, 0.25) is 0 Å². The summed E-state index contributed by atoms with van der Waals surface area (Å²) < 4.78 is 12.5. The highest BCUT2D eigenvalue weighted by molar-refractivity contribution is 9.10. The van der Waals surface area contributed by atoms with Crippen LogP contribution in [0, 0.1) is 28.6 Å². The van der Waals surface area contributed by atoms with Gasteiger partial charge in [0, 0.05) is 43.6 Å². The maximum Gasteiger partial charge on any atom is 0.304 e. The number of quaternary nitrogens is 1. The number of hydrogen-bond donors (Lipinski definition) is 1. The van der Waals surface area contributed by atoms with E-state index < -0.39 is 10.1 Å². The topological polar surface area (TPSA) is 76.1 Å². The van der Waals surface area contributed by atoms with Gasteiger partial charge in [-0.3, -0.25) is 14.5 Å². The van der Waals surface area contributed by atoms with Gasteiger partial charge in [0.15, 0.2) is 10.6 Å². The van der Waals surface area contributed by atoms with Gasteiger partial charge in [-0.15, -0.1) is 0 Å². The highest BCUT2D eigenvalue weighted by Gasteiger charge is 2.72. The van der Waals surface area contributed by atoms with E-state index in [0.29, 0.717) is 30.2 Å². The van der Waals surface area contributed by atoms with E-state index in [0.717, 1.165) is 56.1 Å². The Morgan fingerprint density at radius 1 is 0.905 bits per heavy atom. The van der Waals surface area contributed by atoms with Gasteiger partial charge < -0.3 is 19.1 Å². The van der Waals surface area contributed by atoms with Gasteiger partial charge in [-0.25, -0.2) is 0 Å². The first-order valence-electron chi connectivity index (χ1n) is 17.1. The Labute approximate surface area is 262 Å². The fourth-order valence-corrected chi connectivity index (χ4v) is 12.6. The number of ether oxygens (including phenoxy) is 2. The summed E-state index contributed by atoms with van der Waals surface area (Å²) in [6, 6.07) is 0.376. The lowest BCUT2D eigenvalue weighted by atomic mass is 9.42. The molecule has 0 spiro atoms. The number of nitrogens with zero attached hydrogens (tertiary/aromatic N) is 2. The molecule has 0 bridgehead atoms. The van der Waals surface area contributed by atoms with E-state index in [1.54, 1.807) is 6.92 Å². The number of esters is 2. The first-order chi connectivity index (χ1) is 19.7. The Bertz CT molecular complexity index is 1060. The molecule has 2 aliphatic heterocycles. The van der Waals surface area contributed by atoms with Crippen molar-refractivity contribution in [2.24, 2.45) is 28.6 Å². The van der Waals surface area contributed by atoms with Gasteiger partial charge in [0.1, 0.15) is 6.04 Å². The Kier molecular flexibility index (Phi) is 8.18. The van der Waals surface area contributed by atoms with Crippen LogP contribution in [0.3, 0.4) is 0 Å². The van der Waals surface area contributed by atoms with Gasteiger partial charge in [-0.2, -0.15) is 0 Å². The number of halogens is 1. The van der Waals surface area contributed by atoms with Crippen LogP contribution in [0.2, 0.25) is 0 Å². The SMILES string of the molecule is CC(=O)O[C@H]1[C@@H]([N+]2(C)CCCCC2)C[C@H]2[C@@H]3C[C@@H](N4CCCCC4)[C@@]4(O)C[C@@](Br)(OC(C)=O)CC[C@]4(C)[C@H]3CC[C@@]21C. The van der Waals surface area contributed by atoms with Crippen LogP contribution in [-0.4, -0.2) is 88.0 Å². The summed E-state index contributed by atoms with van der Waals surface area (Å²) in [5.41, 5.74) is -1.26. The van der Waals surface area contributed by atoms with Crippen molar-refractivity contribution < 1.29 is 28.7 Å². The molecule has 0 radical (unpaired) electrons. The first-order valence-corrected chi connectivity index (χ1v) is 17.9. The number of carbonyl (C=O) groups excluding carboxylic acids is 2. The number of piperidine rings is 2. The molecule has 6 aliphatic rings. The number of rotatable bonds is 4. The van der Waals surface area contributed by atoms with Gasteiger partial charge >= 0.3 is 11.9 Å². The maximum absolute atomic E-state index is 13.1. The monoisotopic (exact) mass is 651 g/mol. The fraction of sp³-hybridized carbons (Fsp3) is 0.941. The highest BCUT2D eigenvalue weighted by atomic mass is 79.9. The minimum Gasteiger partial charge on any atom is -0.456 e. The third-order valence-electron chi connectivity index (χ3n) is 13.9. The zero-order chi connectivity index (χ0) is 30.1. The molecule has 4 aliphatic carbocycles. The fourth-order valence-electron chi connectivity index (χ4n) is 11.8. The average Bonchev–Trinajstić information content (AvgIpc) is 3.22. The van der Waals surface area contributed by atoms with E-state index in [-0.39, 0.29) is 34.9 Å². The molecule has 0 unspecified atom stereocenters. The van der Waals surface area contributed by atoms with Crippen LogP contribution in [-0.2, 0) is 19.1 Å². The summed E-state index contributed by atoms with van der Waals surface area (Å²) in [7, 11) is 2.43. The zero-order valence-corrected chi connectivity index (χ0v) is 28.4. The molecule has 8 heteroatoms. The van der Waals surface area contributed by atoms with E-state index in [1.165, 1.54) is 58.5 Å². The van der Waals surface area contributed by atoms with E-state index in [9.17, 15) is 14.7 Å². The quantitative estimate of drug-likeness (QED) is 0.235. The summed E-state index contributed by atoms with van der Waals surface area (Å²) in [4.78, 5) is 27.3. The Morgan fingerprint density at radius 3 is 2.21 bits per heavy atom. The number of carbonyl (C=O) groups is 2. The molecule has 238 valence electrons. The van der Waals surface area contributed by atoms with Crippen LogP contribution in [0.4, 0.5) is 0 Å². The second kappa shape index (κ2) is 11.0. The van der Waals surface area contributed by atoms with Crippen molar-refractivity contribution in [2.45, 2.75) is 139 Å². The zero-order valence-electron chi connectivity index (χ0n) is 26.8. The molecule has 1 N–H and O–H groups in total. The normalized spacial score (nSPS) is 48.8. The third-order valence-corrected chi connectivity index (χ3v) is 14.7. The van der Waals surface area contributed by atoms with Crippen molar-refractivity contribution in [3.63, 3.8) is 0 Å². The molecule has 2 heterocycles. The number of alkyl halides is 1. The van der Waals surface area contributed by atoms with Crippen LogP contribution in [0.15, 0.2) is 0 Å². The predicted molar refractivity (Wildman–Crippen MR) is 166 cm³/mol. The Hall–Kier alpha value is -0.700. The second-order valence-electron chi connectivity index (χ2n) is 16.1. The lowest BCUT2D eigenvalue weighted by molar-refractivity contribution is -0.940. The summed E-state index contributed by atoms with van der Waals surface area (Å²) >= 11 is 3.83. The molecule has 10 atom stereocenters. The molecule has 6 fully saturated rings. The van der Waals surface area contributed by atoms with Crippen molar-refractivity contribution in [1.82, 2.24) is 4.90 Å². The van der Waals surface area contributed by atoms with E-state index >= 15 is 0 Å². The van der Waals surface area contributed by atoms with E-state index in [1.807, 2.05) is 0 Å². The van der Waals surface area contributed by atoms with Crippen molar-refractivity contribution in [3.8, 4) is 0 Å². The van der Waals surface area contributed by atoms with Gasteiger partial charge in [0.05, 0.1) is 25.7 Å². The lowest BCUT2D eigenvalue weighted by Crippen LogP contribution is -2.73. The molecular weight excluding hydrogens is 596 g/mol. The summed E-state index contributed by atoms with van der Waals surface area (Å²) in [5.74, 6) is 0.926. The molecule has 0 amide bonds. The maximum atomic E-state index is 13.1. The van der Waals surface area contributed by atoms with E-state index in [4.69, 9.17) is 9.47 Å². The molecule has 4 saturated carbocycles. The highest BCUT2D eigenvalue weighted by Crippen LogP contribution is 2.70. The van der Waals surface area contributed by atoms with Gasteiger partial charge in [-0.1, -0.05) is 20.3 Å². The van der Waals surface area contributed by atoms with Crippen molar-refractivity contribution >= 4 is 27.9 Å². The summed E-state index contributed by atoms with van der Waals surface area (Å²) in [5, 5.41) is 13.1. The number of hydrogen-bond acceptors (Lipinski definition) is 6. The third kappa shape index (κ3) is 4.92. The van der Waals surface area contributed by atoms with Crippen molar-refractivity contribution in [3.05, 3.63) is 0 Å². The second-order valence-corrected chi connectivity index (χ2v) is 17.5. The molecule has 0 aromatic heterocycles. The standard InChI is InChI=1S/C34H56BrN2O5/c1-23(38)41-30-28(37(5)18-10-7-11-19-37)21-27-25-20-29(36-16-8-6-9-17-36)34(40)22-33(35,42-24(2)39)15-14-32(34,4)26(25)12-13-31(27,30)3/h25-30,40H,6-22H2,1-5H3/q+1/t25-,26+,27+,28+,29-,30+,31+,32-,33+,34+/m1/s1. The number of aliphatic hydroxyl groups is 1. The molecule has 42 heavy (non-hydrogen) atoms. The Balaban J connectivity index is 1.39. The minimum atomic E-state index is -0.949. The molecule has 0 aromatic carbocycles. The number of likely N-dealkylation sites (tertiary alicyclic amines) is 2. The van der Waals surface area contributed by atoms with Crippen LogP contribution < -0.4 is 0 Å². The molecule has 0 aromatic rings. The summed E-state index contributed by atoms with van der Waals surface area (Å²) in [6.07, 6.45) is 13.6.